The largest absolute Gasteiger partial charge is 0.490 e. The van der Waals surface area contributed by atoms with E-state index in [0.29, 0.717) is 30.9 Å². The lowest BCUT2D eigenvalue weighted by Gasteiger charge is -2.31. The van der Waals surface area contributed by atoms with Crippen molar-refractivity contribution in [2.24, 2.45) is 0 Å². The zero-order chi connectivity index (χ0) is 24.0. The van der Waals surface area contributed by atoms with Gasteiger partial charge in [0.2, 0.25) is 0 Å². The molecule has 1 spiro atoms. The molecule has 34 heavy (non-hydrogen) atoms. The average Bonchev–Trinajstić information content (AvgIpc) is 3.45. The Morgan fingerprint density at radius 1 is 1.24 bits per heavy atom. The second-order valence-electron chi connectivity index (χ2n) is 9.80. The summed E-state index contributed by atoms with van der Waals surface area (Å²) in [5.74, 6) is -0.359. The first-order chi connectivity index (χ1) is 16.3. The Kier molecular flexibility index (Phi) is 5.84. The number of carbonyl (C=O) groups is 2. The molecule has 2 aromatic carbocycles. The normalized spacial score (nSPS) is 20.6. The van der Waals surface area contributed by atoms with Crippen LogP contribution >= 0.6 is 0 Å². The van der Waals surface area contributed by atoms with Crippen LogP contribution in [-0.2, 0) is 11.2 Å². The Labute approximate surface area is 199 Å². The molecule has 0 bridgehead atoms. The second-order valence-corrected chi connectivity index (χ2v) is 9.80. The summed E-state index contributed by atoms with van der Waals surface area (Å²) in [7, 11) is 1.48. The molecular formula is C27H31FN2O4. The Balaban J connectivity index is 1.48. The van der Waals surface area contributed by atoms with Crippen molar-refractivity contribution in [1.29, 1.82) is 0 Å². The molecule has 1 N–H and O–H groups in total. The van der Waals surface area contributed by atoms with Gasteiger partial charge in [-0.3, -0.25) is 9.59 Å². The fourth-order valence-electron chi connectivity index (χ4n) is 5.17. The van der Waals surface area contributed by atoms with Gasteiger partial charge in [0.25, 0.3) is 11.8 Å². The predicted molar refractivity (Wildman–Crippen MR) is 126 cm³/mol. The topological polar surface area (TPSA) is 67.9 Å². The third-order valence-electron chi connectivity index (χ3n) is 7.62. The highest BCUT2D eigenvalue weighted by molar-refractivity contribution is 5.99. The van der Waals surface area contributed by atoms with Gasteiger partial charge in [-0.05, 0) is 86.4 Å². The summed E-state index contributed by atoms with van der Waals surface area (Å²) in [6, 6.07) is 6.57. The number of carbonyl (C=O) groups excluding carboxylic acids is 2. The minimum Gasteiger partial charge on any atom is -0.490 e. The molecule has 2 amide bonds. The molecule has 1 unspecified atom stereocenters. The van der Waals surface area contributed by atoms with Crippen LogP contribution in [0.1, 0.15) is 68.7 Å². The number of hydrogen-bond donors (Lipinski definition) is 1. The van der Waals surface area contributed by atoms with Crippen molar-refractivity contribution in [3.63, 3.8) is 0 Å². The summed E-state index contributed by atoms with van der Waals surface area (Å²) >= 11 is 0. The summed E-state index contributed by atoms with van der Waals surface area (Å²) in [5.41, 5.74) is 4.01. The molecule has 0 radical (unpaired) electrons. The number of fused-ring (bicyclic) bond motifs is 1. The molecule has 3 aliphatic rings. The van der Waals surface area contributed by atoms with E-state index in [1.165, 1.54) is 19.2 Å². The summed E-state index contributed by atoms with van der Waals surface area (Å²) in [6.45, 7) is 5.84. The number of ether oxygens (including phenoxy) is 2. The van der Waals surface area contributed by atoms with Gasteiger partial charge in [0.1, 0.15) is 18.2 Å². The highest BCUT2D eigenvalue weighted by atomic mass is 19.1. The number of nitrogens with one attached hydrogen (secondary N) is 1. The standard InChI is InChI=1S/C27H31FN2O4/c1-16-17(2)24-22(13-19(16)11-18-6-7-21(23(28)12-18)25(31)29-3)26(32)30(14-20-5-4-10-33-20)27(8-9-27)15-34-24/h6-7,12-13,20H,4-5,8-11,14-15H2,1-3H3,(H,29,31). The van der Waals surface area contributed by atoms with E-state index in [1.807, 2.05) is 24.8 Å². The third kappa shape index (κ3) is 3.96. The maximum atomic E-state index is 14.5. The van der Waals surface area contributed by atoms with E-state index in [4.69, 9.17) is 9.47 Å². The first kappa shape index (κ1) is 22.8. The molecule has 2 fully saturated rings. The average molecular weight is 467 g/mol. The Morgan fingerprint density at radius 3 is 2.68 bits per heavy atom. The first-order valence-electron chi connectivity index (χ1n) is 12.0. The quantitative estimate of drug-likeness (QED) is 0.725. The molecule has 6 nitrogen and oxygen atoms in total. The molecule has 1 saturated carbocycles. The van der Waals surface area contributed by atoms with E-state index in [1.54, 1.807) is 6.07 Å². The second kappa shape index (κ2) is 8.69. The minimum atomic E-state index is -0.557. The van der Waals surface area contributed by atoms with Crippen molar-refractivity contribution in [3.05, 3.63) is 63.5 Å². The van der Waals surface area contributed by atoms with Crippen molar-refractivity contribution >= 4 is 11.8 Å². The van der Waals surface area contributed by atoms with Crippen LogP contribution in [0.5, 0.6) is 5.75 Å². The molecule has 2 aliphatic heterocycles. The molecule has 1 aliphatic carbocycles. The fraction of sp³-hybridized carbons (Fsp3) is 0.481. The van der Waals surface area contributed by atoms with Gasteiger partial charge in [0.05, 0.1) is 22.8 Å². The van der Waals surface area contributed by atoms with E-state index in [2.05, 4.69) is 5.32 Å². The van der Waals surface area contributed by atoms with Crippen molar-refractivity contribution in [1.82, 2.24) is 10.2 Å². The van der Waals surface area contributed by atoms with Crippen LogP contribution in [0, 0.1) is 19.7 Å². The number of halogens is 1. The van der Waals surface area contributed by atoms with Crippen molar-refractivity contribution in [2.45, 2.75) is 57.6 Å². The lowest BCUT2D eigenvalue weighted by atomic mass is 9.92. The molecule has 180 valence electrons. The fourth-order valence-corrected chi connectivity index (χ4v) is 5.17. The molecule has 2 heterocycles. The van der Waals surface area contributed by atoms with Gasteiger partial charge in [-0.15, -0.1) is 0 Å². The van der Waals surface area contributed by atoms with Gasteiger partial charge in [0, 0.05) is 20.2 Å². The Hall–Kier alpha value is -2.93. The third-order valence-corrected chi connectivity index (χ3v) is 7.62. The maximum Gasteiger partial charge on any atom is 0.258 e. The van der Waals surface area contributed by atoms with Gasteiger partial charge in [-0.2, -0.15) is 0 Å². The molecule has 1 saturated heterocycles. The van der Waals surface area contributed by atoms with Crippen molar-refractivity contribution in [3.8, 4) is 5.75 Å². The van der Waals surface area contributed by atoms with Crippen LogP contribution in [0.25, 0.3) is 0 Å². The molecule has 7 heteroatoms. The van der Waals surface area contributed by atoms with E-state index in [0.717, 1.165) is 54.5 Å². The van der Waals surface area contributed by atoms with Gasteiger partial charge < -0.3 is 19.7 Å². The van der Waals surface area contributed by atoms with E-state index >= 15 is 0 Å². The highest BCUT2D eigenvalue weighted by Gasteiger charge is 2.53. The van der Waals surface area contributed by atoms with Crippen LogP contribution in [-0.4, -0.2) is 55.2 Å². The highest BCUT2D eigenvalue weighted by Crippen LogP contribution is 2.47. The number of hydrogen-bond acceptors (Lipinski definition) is 4. The van der Waals surface area contributed by atoms with Crippen LogP contribution in [0.2, 0.25) is 0 Å². The molecule has 1 atom stereocenters. The number of rotatable bonds is 5. The minimum absolute atomic E-state index is 0.00834. The van der Waals surface area contributed by atoms with Crippen LogP contribution < -0.4 is 10.1 Å². The molecule has 0 aromatic heterocycles. The van der Waals surface area contributed by atoms with E-state index in [-0.39, 0.29) is 23.1 Å². The first-order valence-corrected chi connectivity index (χ1v) is 12.0. The zero-order valence-electron chi connectivity index (χ0n) is 20.0. The number of amides is 2. The smallest absolute Gasteiger partial charge is 0.258 e. The predicted octanol–water partition coefficient (Wildman–Crippen LogP) is 3.94. The van der Waals surface area contributed by atoms with Crippen LogP contribution in [0.4, 0.5) is 4.39 Å². The van der Waals surface area contributed by atoms with Crippen LogP contribution in [0.15, 0.2) is 24.3 Å². The summed E-state index contributed by atoms with van der Waals surface area (Å²) < 4.78 is 26.7. The molecule has 5 rings (SSSR count). The number of nitrogens with zero attached hydrogens (tertiary/aromatic N) is 1. The van der Waals surface area contributed by atoms with E-state index < -0.39 is 11.7 Å². The summed E-state index contributed by atoms with van der Waals surface area (Å²) in [6.07, 6.45) is 4.43. The summed E-state index contributed by atoms with van der Waals surface area (Å²) in [5, 5.41) is 2.45. The lowest BCUT2D eigenvalue weighted by molar-refractivity contribution is 0.0330. The van der Waals surface area contributed by atoms with Gasteiger partial charge >= 0.3 is 0 Å². The van der Waals surface area contributed by atoms with Crippen molar-refractivity contribution < 1.29 is 23.5 Å². The maximum absolute atomic E-state index is 14.5. The van der Waals surface area contributed by atoms with Crippen molar-refractivity contribution in [2.75, 3.05) is 26.8 Å². The van der Waals surface area contributed by atoms with Gasteiger partial charge in [0.15, 0.2) is 0 Å². The Bertz CT molecular complexity index is 1150. The SMILES string of the molecule is CNC(=O)c1ccc(Cc2cc3c(c(C)c2C)OCC2(CC2)N(CC2CCCO2)C3=O)cc1F. The summed E-state index contributed by atoms with van der Waals surface area (Å²) in [4.78, 5) is 27.7. The lowest BCUT2D eigenvalue weighted by Crippen LogP contribution is -2.47. The monoisotopic (exact) mass is 466 g/mol. The van der Waals surface area contributed by atoms with Crippen LogP contribution in [0.3, 0.4) is 0 Å². The number of benzene rings is 2. The zero-order valence-corrected chi connectivity index (χ0v) is 20.0. The Morgan fingerprint density at radius 2 is 2.03 bits per heavy atom. The van der Waals surface area contributed by atoms with E-state index in [9.17, 15) is 14.0 Å². The molecule has 2 aromatic rings. The molecular weight excluding hydrogens is 435 g/mol. The van der Waals surface area contributed by atoms with Gasteiger partial charge in [-0.1, -0.05) is 6.07 Å². The van der Waals surface area contributed by atoms with Gasteiger partial charge in [-0.25, -0.2) is 4.39 Å².